The van der Waals surface area contributed by atoms with Gasteiger partial charge in [-0.25, -0.2) is 9.88 Å². The lowest BCUT2D eigenvalue weighted by Crippen LogP contribution is -2.29. The number of hydrogen-bond acceptors (Lipinski definition) is 4. The van der Waals surface area contributed by atoms with Crippen LogP contribution in [0, 0.1) is 0 Å². The number of rotatable bonds is 2. The molecule has 1 aromatic rings. The van der Waals surface area contributed by atoms with Crippen LogP contribution in [0.3, 0.4) is 0 Å². The Morgan fingerprint density at radius 3 is 2.60 bits per heavy atom. The molecule has 0 radical (unpaired) electrons. The molecule has 0 atom stereocenters. The highest BCUT2D eigenvalue weighted by Gasteiger charge is 2.31. The highest BCUT2D eigenvalue weighted by atomic mass is 32.2. The first kappa shape index (κ1) is 10.2. The minimum Gasteiger partial charge on any atom is -0.274 e. The van der Waals surface area contributed by atoms with E-state index in [0.717, 1.165) is 4.90 Å². The second-order valence-corrected chi connectivity index (χ2v) is 4.06. The number of hydrogen-bond donors (Lipinski definition) is 0. The van der Waals surface area contributed by atoms with Crippen LogP contribution >= 0.6 is 11.8 Å². The molecule has 5 heteroatoms. The third kappa shape index (κ3) is 1.87. The molecular weight excluding hydrogens is 212 g/mol. The molecule has 2 rings (SSSR count). The summed E-state index contributed by atoms with van der Waals surface area (Å²) >= 11 is 1.55. The lowest BCUT2D eigenvalue weighted by Gasteiger charge is -2.12. The smallest absolute Gasteiger partial charge is 0.235 e. The first-order valence-corrected chi connectivity index (χ1v) is 5.80. The van der Waals surface area contributed by atoms with Crippen molar-refractivity contribution in [1.82, 2.24) is 4.98 Å². The molecular formula is C10H10N2O2S. The number of nitrogens with zero attached hydrogens (tertiary/aromatic N) is 2. The van der Waals surface area contributed by atoms with Gasteiger partial charge in [0.2, 0.25) is 11.8 Å². The van der Waals surface area contributed by atoms with Crippen LogP contribution < -0.4 is 4.90 Å². The summed E-state index contributed by atoms with van der Waals surface area (Å²) in [4.78, 5) is 29.1. The van der Waals surface area contributed by atoms with Crippen molar-refractivity contribution >= 4 is 29.4 Å². The highest BCUT2D eigenvalue weighted by molar-refractivity contribution is 7.98. The molecule has 0 aliphatic carbocycles. The van der Waals surface area contributed by atoms with Crippen molar-refractivity contribution in [2.45, 2.75) is 17.7 Å². The summed E-state index contributed by atoms with van der Waals surface area (Å²) in [7, 11) is 0. The molecule has 1 aliphatic heterocycles. The van der Waals surface area contributed by atoms with Crippen LogP contribution in [0.15, 0.2) is 23.2 Å². The van der Waals surface area contributed by atoms with Gasteiger partial charge >= 0.3 is 0 Å². The molecule has 78 valence electrons. The number of carbonyl (C=O) groups excluding carboxylic acids is 2. The average molecular weight is 222 g/mol. The molecule has 0 unspecified atom stereocenters. The van der Waals surface area contributed by atoms with E-state index in [1.54, 1.807) is 24.0 Å². The second kappa shape index (κ2) is 4.02. The molecule has 1 aromatic heterocycles. The topological polar surface area (TPSA) is 50.3 Å². The standard InChI is InChI=1S/C10H10N2O2S/c1-15-7-4-5-11-8(6-7)12-9(13)2-3-10(12)14/h4-6H,2-3H2,1H3. The first-order chi connectivity index (χ1) is 7.22. The number of imide groups is 1. The van der Waals surface area contributed by atoms with E-state index < -0.39 is 0 Å². The van der Waals surface area contributed by atoms with E-state index in [1.165, 1.54) is 4.90 Å². The zero-order chi connectivity index (χ0) is 10.8. The Morgan fingerprint density at radius 1 is 1.33 bits per heavy atom. The van der Waals surface area contributed by atoms with Gasteiger partial charge in [0, 0.05) is 23.9 Å². The van der Waals surface area contributed by atoms with Gasteiger partial charge in [-0.1, -0.05) is 0 Å². The predicted molar refractivity (Wildman–Crippen MR) is 57.7 cm³/mol. The van der Waals surface area contributed by atoms with Crippen LogP contribution in [0.5, 0.6) is 0 Å². The minimum atomic E-state index is -0.161. The van der Waals surface area contributed by atoms with E-state index in [0.29, 0.717) is 18.7 Å². The molecule has 1 aliphatic rings. The van der Waals surface area contributed by atoms with E-state index in [9.17, 15) is 9.59 Å². The summed E-state index contributed by atoms with van der Waals surface area (Å²) in [6, 6.07) is 3.60. The predicted octanol–water partition coefficient (Wildman–Crippen LogP) is 1.46. The fraction of sp³-hybridized carbons (Fsp3) is 0.300. The SMILES string of the molecule is CSc1ccnc(N2C(=O)CCC2=O)c1. The number of carbonyl (C=O) groups is 2. The number of thioether (sulfide) groups is 1. The molecule has 15 heavy (non-hydrogen) atoms. The van der Waals surface area contributed by atoms with Gasteiger partial charge in [0.15, 0.2) is 0 Å². The van der Waals surface area contributed by atoms with Gasteiger partial charge in [-0.2, -0.15) is 0 Å². The minimum absolute atomic E-state index is 0.161. The maximum Gasteiger partial charge on any atom is 0.235 e. The van der Waals surface area contributed by atoms with Crippen LogP contribution in [0.1, 0.15) is 12.8 Å². The van der Waals surface area contributed by atoms with E-state index in [1.807, 2.05) is 12.3 Å². The summed E-state index contributed by atoms with van der Waals surface area (Å²) in [5.74, 6) is 0.117. The van der Waals surface area contributed by atoms with Gasteiger partial charge in [-0.05, 0) is 18.4 Å². The van der Waals surface area contributed by atoms with Gasteiger partial charge in [0.1, 0.15) is 5.82 Å². The highest BCUT2D eigenvalue weighted by Crippen LogP contribution is 2.24. The van der Waals surface area contributed by atoms with Crippen LogP contribution in [0.25, 0.3) is 0 Å². The fourth-order valence-corrected chi connectivity index (χ4v) is 1.90. The van der Waals surface area contributed by atoms with Gasteiger partial charge in [-0.3, -0.25) is 9.59 Å². The van der Waals surface area contributed by atoms with E-state index in [-0.39, 0.29) is 11.8 Å². The first-order valence-electron chi connectivity index (χ1n) is 4.58. The van der Waals surface area contributed by atoms with Crippen molar-refractivity contribution in [1.29, 1.82) is 0 Å². The molecule has 0 bridgehead atoms. The summed E-state index contributed by atoms with van der Waals surface area (Å²) in [6.07, 6.45) is 4.14. The van der Waals surface area contributed by atoms with Crippen molar-refractivity contribution in [2.24, 2.45) is 0 Å². The van der Waals surface area contributed by atoms with Crippen LogP contribution in [0.2, 0.25) is 0 Å². The van der Waals surface area contributed by atoms with Gasteiger partial charge in [0.25, 0.3) is 0 Å². The van der Waals surface area contributed by atoms with Crippen molar-refractivity contribution in [3.63, 3.8) is 0 Å². The molecule has 2 heterocycles. The second-order valence-electron chi connectivity index (χ2n) is 3.18. The van der Waals surface area contributed by atoms with E-state index >= 15 is 0 Å². The normalized spacial score (nSPS) is 16.2. The molecule has 0 spiro atoms. The zero-order valence-electron chi connectivity index (χ0n) is 8.27. The number of anilines is 1. The summed E-state index contributed by atoms with van der Waals surface area (Å²) < 4.78 is 0. The third-order valence-electron chi connectivity index (χ3n) is 2.23. The quantitative estimate of drug-likeness (QED) is 0.561. The Kier molecular flexibility index (Phi) is 2.73. The fourth-order valence-electron chi connectivity index (χ4n) is 1.48. The number of aromatic nitrogens is 1. The molecule has 2 amide bonds. The molecule has 0 saturated carbocycles. The summed E-state index contributed by atoms with van der Waals surface area (Å²) in [5.41, 5.74) is 0. The molecule has 0 N–H and O–H groups in total. The maximum atomic E-state index is 11.4. The van der Waals surface area contributed by atoms with E-state index in [2.05, 4.69) is 4.98 Å². The van der Waals surface area contributed by atoms with Gasteiger partial charge in [-0.15, -0.1) is 11.8 Å². The lowest BCUT2D eigenvalue weighted by atomic mass is 10.4. The molecule has 1 fully saturated rings. The molecule has 0 aromatic carbocycles. The lowest BCUT2D eigenvalue weighted by molar-refractivity contribution is -0.121. The van der Waals surface area contributed by atoms with Crippen molar-refractivity contribution in [3.8, 4) is 0 Å². The van der Waals surface area contributed by atoms with Crippen LogP contribution in [-0.2, 0) is 9.59 Å². The third-order valence-corrected chi connectivity index (χ3v) is 2.96. The van der Waals surface area contributed by atoms with Crippen LogP contribution in [0.4, 0.5) is 5.82 Å². The largest absolute Gasteiger partial charge is 0.274 e. The monoisotopic (exact) mass is 222 g/mol. The molecule has 1 saturated heterocycles. The Labute approximate surface area is 91.7 Å². The van der Waals surface area contributed by atoms with Gasteiger partial charge in [0.05, 0.1) is 0 Å². The summed E-state index contributed by atoms with van der Waals surface area (Å²) in [5, 5.41) is 0. The Balaban J connectivity index is 2.36. The Morgan fingerprint density at radius 2 is 2.00 bits per heavy atom. The average Bonchev–Trinajstić information content (AvgIpc) is 2.59. The Hall–Kier alpha value is -1.36. The van der Waals surface area contributed by atoms with Crippen molar-refractivity contribution in [2.75, 3.05) is 11.2 Å². The number of pyridine rings is 1. The van der Waals surface area contributed by atoms with Gasteiger partial charge < -0.3 is 0 Å². The maximum absolute atomic E-state index is 11.4. The Bertz CT molecular complexity index is 404. The van der Waals surface area contributed by atoms with Crippen LogP contribution in [-0.4, -0.2) is 23.1 Å². The van der Waals surface area contributed by atoms with Crippen molar-refractivity contribution in [3.05, 3.63) is 18.3 Å². The summed E-state index contributed by atoms with van der Waals surface area (Å²) in [6.45, 7) is 0. The van der Waals surface area contributed by atoms with E-state index in [4.69, 9.17) is 0 Å². The number of amides is 2. The molecule has 4 nitrogen and oxygen atoms in total. The van der Waals surface area contributed by atoms with Crippen molar-refractivity contribution < 1.29 is 9.59 Å². The zero-order valence-corrected chi connectivity index (χ0v) is 9.08.